The molecule has 0 aromatic carbocycles. The highest BCUT2D eigenvalue weighted by Crippen LogP contribution is 2.29. The van der Waals surface area contributed by atoms with Gasteiger partial charge >= 0.3 is 0 Å². The third kappa shape index (κ3) is 3.43. The quantitative estimate of drug-likeness (QED) is 0.845. The molecule has 6 nitrogen and oxygen atoms in total. The average molecular weight is 366 g/mol. The number of hydrogen-bond acceptors (Lipinski definition) is 5. The second-order valence-corrected chi connectivity index (χ2v) is 7.46. The second kappa shape index (κ2) is 6.57. The number of sulfonamides is 1. The molecule has 1 aromatic rings. The number of furan rings is 1. The van der Waals surface area contributed by atoms with Crippen LogP contribution in [0.15, 0.2) is 20.0 Å². The standard InChI is InChI=1S/C12H20BrN3O3S/c1-3-14-9-10-8-11(12(13)19-10)20(17,18)16-6-4-15(2)5-7-16/h8,14H,3-7,9H2,1-2H3. The van der Waals surface area contributed by atoms with Crippen molar-refractivity contribution in [3.8, 4) is 0 Å². The molecule has 0 bridgehead atoms. The lowest BCUT2D eigenvalue weighted by Gasteiger charge is -2.31. The zero-order valence-corrected chi connectivity index (χ0v) is 14.1. The van der Waals surface area contributed by atoms with E-state index in [1.807, 2.05) is 14.0 Å². The Morgan fingerprint density at radius 1 is 1.35 bits per heavy atom. The fraction of sp³-hybridized carbons (Fsp3) is 0.667. The van der Waals surface area contributed by atoms with Crippen LogP contribution in [0.1, 0.15) is 12.7 Å². The summed E-state index contributed by atoms with van der Waals surface area (Å²) in [5.74, 6) is 0.617. The van der Waals surface area contributed by atoms with Gasteiger partial charge in [-0.25, -0.2) is 8.42 Å². The van der Waals surface area contributed by atoms with E-state index in [4.69, 9.17) is 4.42 Å². The number of hydrogen-bond donors (Lipinski definition) is 1. The van der Waals surface area contributed by atoms with Gasteiger partial charge in [0, 0.05) is 32.2 Å². The molecule has 1 saturated heterocycles. The molecular weight excluding hydrogens is 346 g/mol. The van der Waals surface area contributed by atoms with Gasteiger partial charge in [0.15, 0.2) is 4.67 Å². The van der Waals surface area contributed by atoms with Crippen LogP contribution in [0.4, 0.5) is 0 Å². The summed E-state index contributed by atoms with van der Waals surface area (Å²) in [7, 11) is -1.49. The van der Waals surface area contributed by atoms with Crippen molar-refractivity contribution < 1.29 is 12.8 Å². The Morgan fingerprint density at radius 2 is 2.00 bits per heavy atom. The molecule has 1 aliphatic rings. The summed E-state index contributed by atoms with van der Waals surface area (Å²) in [4.78, 5) is 2.34. The molecule has 8 heteroatoms. The Hall–Kier alpha value is -0.410. The number of nitrogens with one attached hydrogen (secondary N) is 1. The third-order valence-electron chi connectivity index (χ3n) is 3.34. The van der Waals surface area contributed by atoms with Gasteiger partial charge in [-0.15, -0.1) is 0 Å². The first kappa shape index (κ1) is 16.0. The smallest absolute Gasteiger partial charge is 0.247 e. The maximum Gasteiger partial charge on any atom is 0.247 e. The van der Waals surface area contributed by atoms with Crippen molar-refractivity contribution in [2.75, 3.05) is 39.8 Å². The van der Waals surface area contributed by atoms with Gasteiger partial charge in [-0.3, -0.25) is 0 Å². The lowest BCUT2D eigenvalue weighted by atomic mass is 10.4. The van der Waals surface area contributed by atoms with Crippen LogP contribution in [0.3, 0.4) is 0 Å². The number of piperazine rings is 1. The molecule has 0 unspecified atom stereocenters. The van der Waals surface area contributed by atoms with Crippen molar-refractivity contribution in [1.29, 1.82) is 0 Å². The molecular formula is C12H20BrN3O3S. The third-order valence-corrected chi connectivity index (χ3v) is 6.09. The summed E-state index contributed by atoms with van der Waals surface area (Å²) < 4.78 is 32.4. The van der Waals surface area contributed by atoms with Crippen LogP contribution in [-0.2, 0) is 16.6 Å². The van der Waals surface area contributed by atoms with Crippen LogP contribution in [0.25, 0.3) is 0 Å². The Labute approximate surface area is 128 Å². The molecule has 2 rings (SSSR count). The minimum atomic E-state index is -3.48. The summed E-state index contributed by atoms with van der Waals surface area (Å²) in [5, 5.41) is 3.11. The van der Waals surface area contributed by atoms with E-state index < -0.39 is 10.0 Å². The topological polar surface area (TPSA) is 65.8 Å². The highest BCUT2D eigenvalue weighted by atomic mass is 79.9. The van der Waals surface area contributed by atoms with Gasteiger partial charge in [0.05, 0.1) is 6.54 Å². The first-order valence-electron chi connectivity index (χ1n) is 6.62. The molecule has 2 heterocycles. The Balaban J connectivity index is 2.18. The van der Waals surface area contributed by atoms with Crippen LogP contribution < -0.4 is 5.32 Å². The van der Waals surface area contributed by atoms with E-state index in [0.29, 0.717) is 25.4 Å². The SMILES string of the molecule is CCNCc1cc(S(=O)(=O)N2CCN(C)CC2)c(Br)o1. The number of halogens is 1. The zero-order chi connectivity index (χ0) is 14.8. The number of nitrogens with zero attached hydrogens (tertiary/aromatic N) is 2. The minimum Gasteiger partial charge on any atom is -0.452 e. The molecule has 0 saturated carbocycles. The zero-order valence-electron chi connectivity index (χ0n) is 11.7. The van der Waals surface area contributed by atoms with Crippen molar-refractivity contribution in [2.24, 2.45) is 0 Å². The molecule has 1 N–H and O–H groups in total. The molecule has 0 spiro atoms. The molecule has 0 amide bonds. The highest BCUT2D eigenvalue weighted by molar-refractivity contribution is 9.10. The first-order chi connectivity index (χ1) is 9.45. The molecule has 0 radical (unpaired) electrons. The van der Waals surface area contributed by atoms with Gasteiger partial charge in [-0.05, 0) is 29.5 Å². The Morgan fingerprint density at radius 3 is 2.60 bits per heavy atom. The van der Waals surface area contributed by atoms with Crippen molar-refractivity contribution >= 4 is 26.0 Å². The van der Waals surface area contributed by atoms with Gasteiger partial charge in [-0.1, -0.05) is 6.92 Å². The predicted molar refractivity (Wildman–Crippen MR) is 80.0 cm³/mol. The van der Waals surface area contributed by atoms with Crippen LogP contribution >= 0.6 is 15.9 Å². The maximum absolute atomic E-state index is 12.6. The summed E-state index contributed by atoms with van der Waals surface area (Å²) in [6.07, 6.45) is 0. The van der Waals surface area contributed by atoms with Crippen molar-refractivity contribution in [3.05, 3.63) is 16.5 Å². The van der Waals surface area contributed by atoms with E-state index in [9.17, 15) is 8.42 Å². The summed E-state index contributed by atoms with van der Waals surface area (Å²) in [5.41, 5.74) is 0. The number of rotatable bonds is 5. The molecule has 1 aliphatic heterocycles. The maximum atomic E-state index is 12.6. The Bertz CT molecular complexity index is 550. The highest BCUT2D eigenvalue weighted by Gasteiger charge is 2.31. The molecule has 1 aromatic heterocycles. The van der Waals surface area contributed by atoms with Crippen molar-refractivity contribution in [1.82, 2.24) is 14.5 Å². The number of likely N-dealkylation sites (N-methyl/N-ethyl adjacent to an activating group) is 1. The van der Waals surface area contributed by atoms with E-state index in [1.54, 1.807) is 6.07 Å². The lowest BCUT2D eigenvalue weighted by Crippen LogP contribution is -2.47. The summed E-state index contributed by atoms with van der Waals surface area (Å²) in [6.45, 7) is 5.84. The van der Waals surface area contributed by atoms with E-state index in [-0.39, 0.29) is 9.56 Å². The van der Waals surface area contributed by atoms with Crippen LogP contribution in [-0.4, -0.2) is 57.4 Å². The van der Waals surface area contributed by atoms with E-state index in [0.717, 1.165) is 19.6 Å². The normalized spacial score (nSPS) is 18.6. The monoisotopic (exact) mass is 365 g/mol. The molecule has 1 fully saturated rings. The van der Waals surface area contributed by atoms with E-state index in [2.05, 4.69) is 26.1 Å². The summed E-state index contributed by atoms with van der Waals surface area (Å²) in [6, 6.07) is 1.60. The van der Waals surface area contributed by atoms with Crippen LogP contribution in [0.5, 0.6) is 0 Å². The lowest BCUT2D eigenvalue weighted by molar-refractivity contribution is 0.222. The van der Waals surface area contributed by atoms with Gasteiger partial charge in [0.25, 0.3) is 0 Å². The molecule has 20 heavy (non-hydrogen) atoms. The summed E-state index contributed by atoms with van der Waals surface area (Å²) >= 11 is 3.21. The van der Waals surface area contributed by atoms with Gasteiger partial charge in [0.2, 0.25) is 10.0 Å². The Kier molecular flexibility index (Phi) is 5.25. The van der Waals surface area contributed by atoms with Crippen LogP contribution in [0, 0.1) is 0 Å². The minimum absolute atomic E-state index is 0.218. The fourth-order valence-corrected chi connectivity index (χ4v) is 4.46. The van der Waals surface area contributed by atoms with Crippen LogP contribution in [0.2, 0.25) is 0 Å². The predicted octanol–water partition coefficient (Wildman–Crippen LogP) is 1.09. The van der Waals surface area contributed by atoms with Crippen molar-refractivity contribution in [2.45, 2.75) is 18.4 Å². The molecule has 0 atom stereocenters. The van der Waals surface area contributed by atoms with Gasteiger partial charge < -0.3 is 14.6 Å². The van der Waals surface area contributed by atoms with Crippen molar-refractivity contribution in [3.63, 3.8) is 0 Å². The molecule has 114 valence electrons. The second-order valence-electron chi connectivity index (χ2n) is 4.84. The van der Waals surface area contributed by atoms with Gasteiger partial charge in [-0.2, -0.15) is 4.31 Å². The average Bonchev–Trinajstić information content (AvgIpc) is 2.79. The van der Waals surface area contributed by atoms with E-state index in [1.165, 1.54) is 4.31 Å². The fourth-order valence-electron chi connectivity index (χ4n) is 2.08. The molecule has 0 aliphatic carbocycles. The van der Waals surface area contributed by atoms with E-state index >= 15 is 0 Å². The largest absolute Gasteiger partial charge is 0.452 e. The van der Waals surface area contributed by atoms with Gasteiger partial charge in [0.1, 0.15) is 10.7 Å². The first-order valence-corrected chi connectivity index (χ1v) is 8.86.